The molecule has 1 fully saturated rings. The van der Waals surface area contributed by atoms with Crippen molar-refractivity contribution in [2.24, 2.45) is 5.92 Å². The average Bonchev–Trinajstić information content (AvgIpc) is 2.57. The van der Waals surface area contributed by atoms with Crippen LogP contribution in [0.5, 0.6) is 0 Å². The molecular weight excluding hydrogens is 300 g/mol. The zero-order chi connectivity index (χ0) is 16.9. The quantitative estimate of drug-likeness (QED) is 0.879. The number of nitrogens with zero attached hydrogens (tertiary/aromatic N) is 4. The summed E-state index contributed by atoms with van der Waals surface area (Å²) in [4.78, 5) is 15.5. The van der Waals surface area contributed by atoms with Gasteiger partial charge in [0.1, 0.15) is 5.82 Å². The van der Waals surface area contributed by atoms with E-state index in [-0.39, 0.29) is 5.95 Å². The van der Waals surface area contributed by atoms with E-state index in [1.165, 1.54) is 18.4 Å². The van der Waals surface area contributed by atoms with E-state index in [1.54, 1.807) is 0 Å². The number of anilines is 3. The van der Waals surface area contributed by atoms with Gasteiger partial charge in [0, 0.05) is 5.69 Å². The van der Waals surface area contributed by atoms with Gasteiger partial charge < -0.3 is 11.1 Å². The molecule has 0 aliphatic carbocycles. The third-order valence-corrected chi connectivity index (χ3v) is 4.59. The van der Waals surface area contributed by atoms with Crippen LogP contribution in [0.2, 0.25) is 0 Å². The number of aromatic nitrogens is 3. The van der Waals surface area contributed by atoms with E-state index in [1.807, 2.05) is 18.2 Å². The third-order valence-electron chi connectivity index (χ3n) is 4.59. The zero-order valence-corrected chi connectivity index (χ0v) is 14.5. The van der Waals surface area contributed by atoms with Crippen LogP contribution in [0.15, 0.2) is 24.3 Å². The number of nitrogens with one attached hydrogen (secondary N) is 1. The number of aryl methyl sites for hydroxylation is 1. The van der Waals surface area contributed by atoms with Gasteiger partial charge in [0.25, 0.3) is 0 Å². The van der Waals surface area contributed by atoms with Gasteiger partial charge in [0.2, 0.25) is 11.9 Å². The summed E-state index contributed by atoms with van der Waals surface area (Å²) in [5.41, 5.74) is 8.13. The van der Waals surface area contributed by atoms with Crippen molar-refractivity contribution in [1.82, 2.24) is 19.9 Å². The first-order chi connectivity index (χ1) is 11.6. The normalized spacial score (nSPS) is 16.2. The number of nitrogens with two attached hydrogens (primary N) is 1. The molecule has 0 saturated carbocycles. The smallest absolute Gasteiger partial charge is 0.232 e. The SMILES string of the molecule is CCc1ccccc1Nc1nc(N)nc(CN2CCC(C)CC2)n1. The minimum absolute atomic E-state index is 0.266. The van der Waals surface area contributed by atoms with Gasteiger partial charge in [-0.1, -0.05) is 32.0 Å². The van der Waals surface area contributed by atoms with E-state index < -0.39 is 0 Å². The number of benzene rings is 1. The van der Waals surface area contributed by atoms with Crippen molar-refractivity contribution in [3.05, 3.63) is 35.7 Å². The van der Waals surface area contributed by atoms with E-state index >= 15 is 0 Å². The maximum atomic E-state index is 5.89. The second-order valence-corrected chi connectivity index (χ2v) is 6.53. The summed E-state index contributed by atoms with van der Waals surface area (Å²) in [5.74, 6) is 2.33. The summed E-state index contributed by atoms with van der Waals surface area (Å²) in [6.07, 6.45) is 3.41. The van der Waals surface area contributed by atoms with Gasteiger partial charge in [0.05, 0.1) is 6.54 Å². The number of hydrogen-bond acceptors (Lipinski definition) is 6. The Hall–Kier alpha value is -2.21. The maximum Gasteiger partial charge on any atom is 0.232 e. The third kappa shape index (κ3) is 4.20. The number of likely N-dealkylation sites (tertiary alicyclic amines) is 1. The number of nitrogen functional groups attached to an aromatic ring is 1. The van der Waals surface area contributed by atoms with E-state index in [0.717, 1.165) is 43.5 Å². The second-order valence-electron chi connectivity index (χ2n) is 6.53. The van der Waals surface area contributed by atoms with E-state index in [9.17, 15) is 0 Å². The molecule has 0 spiro atoms. The molecule has 0 radical (unpaired) electrons. The van der Waals surface area contributed by atoms with Gasteiger partial charge >= 0.3 is 0 Å². The van der Waals surface area contributed by atoms with Crippen molar-refractivity contribution in [3.8, 4) is 0 Å². The van der Waals surface area contributed by atoms with Crippen molar-refractivity contribution in [1.29, 1.82) is 0 Å². The van der Waals surface area contributed by atoms with Gasteiger partial charge in [-0.2, -0.15) is 15.0 Å². The Morgan fingerprint density at radius 1 is 1.17 bits per heavy atom. The topological polar surface area (TPSA) is 80.0 Å². The Labute approximate surface area is 143 Å². The van der Waals surface area contributed by atoms with Gasteiger partial charge in [0.15, 0.2) is 0 Å². The molecule has 2 heterocycles. The minimum Gasteiger partial charge on any atom is -0.368 e. The predicted octanol–water partition coefficient (Wildman–Crippen LogP) is 2.99. The van der Waals surface area contributed by atoms with Crippen LogP contribution in [-0.4, -0.2) is 32.9 Å². The summed E-state index contributed by atoms with van der Waals surface area (Å²) in [6, 6.07) is 8.17. The summed E-state index contributed by atoms with van der Waals surface area (Å²) < 4.78 is 0. The van der Waals surface area contributed by atoms with Gasteiger partial charge in [-0.15, -0.1) is 0 Å². The van der Waals surface area contributed by atoms with Crippen molar-refractivity contribution in [2.75, 3.05) is 24.1 Å². The molecule has 3 N–H and O–H groups in total. The first-order valence-electron chi connectivity index (χ1n) is 8.71. The van der Waals surface area contributed by atoms with E-state index in [2.05, 4.69) is 45.1 Å². The number of piperidine rings is 1. The van der Waals surface area contributed by atoms with E-state index in [4.69, 9.17) is 5.73 Å². The van der Waals surface area contributed by atoms with Crippen LogP contribution in [0.4, 0.5) is 17.6 Å². The van der Waals surface area contributed by atoms with Gasteiger partial charge in [-0.05, 0) is 49.9 Å². The summed E-state index contributed by atoms with van der Waals surface area (Å²) >= 11 is 0. The Morgan fingerprint density at radius 3 is 2.67 bits per heavy atom. The van der Waals surface area contributed by atoms with Crippen LogP contribution in [-0.2, 0) is 13.0 Å². The summed E-state index contributed by atoms with van der Waals surface area (Å²) in [7, 11) is 0. The van der Waals surface area contributed by atoms with Crippen LogP contribution in [0, 0.1) is 5.92 Å². The van der Waals surface area contributed by atoms with Crippen LogP contribution < -0.4 is 11.1 Å². The highest BCUT2D eigenvalue weighted by Gasteiger charge is 2.17. The van der Waals surface area contributed by atoms with Crippen molar-refractivity contribution in [3.63, 3.8) is 0 Å². The Kier molecular flexibility index (Phi) is 5.25. The Morgan fingerprint density at radius 2 is 1.92 bits per heavy atom. The molecule has 0 bridgehead atoms. The molecule has 6 heteroatoms. The molecule has 1 saturated heterocycles. The molecule has 1 aromatic carbocycles. The van der Waals surface area contributed by atoms with Crippen molar-refractivity contribution >= 4 is 17.6 Å². The zero-order valence-electron chi connectivity index (χ0n) is 14.5. The fourth-order valence-corrected chi connectivity index (χ4v) is 3.06. The van der Waals surface area contributed by atoms with Crippen LogP contribution in [0.25, 0.3) is 0 Å². The molecule has 1 aliphatic rings. The lowest BCUT2D eigenvalue weighted by Gasteiger charge is -2.29. The van der Waals surface area contributed by atoms with Crippen molar-refractivity contribution < 1.29 is 0 Å². The number of rotatable bonds is 5. The number of para-hydroxylation sites is 1. The molecule has 1 aromatic heterocycles. The fraction of sp³-hybridized carbons (Fsp3) is 0.500. The molecule has 2 aromatic rings. The average molecular weight is 326 g/mol. The lowest BCUT2D eigenvalue weighted by molar-refractivity contribution is 0.181. The Balaban J connectivity index is 1.74. The first-order valence-corrected chi connectivity index (χ1v) is 8.71. The van der Waals surface area contributed by atoms with Crippen LogP contribution in [0.1, 0.15) is 38.1 Å². The highest BCUT2D eigenvalue weighted by molar-refractivity contribution is 5.58. The number of hydrogen-bond donors (Lipinski definition) is 2. The molecule has 6 nitrogen and oxygen atoms in total. The van der Waals surface area contributed by atoms with Gasteiger partial charge in [-0.25, -0.2) is 0 Å². The molecule has 1 aliphatic heterocycles. The highest BCUT2D eigenvalue weighted by Crippen LogP contribution is 2.20. The minimum atomic E-state index is 0.266. The molecular formula is C18H26N6. The molecule has 24 heavy (non-hydrogen) atoms. The maximum absolute atomic E-state index is 5.89. The molecule has 0 unspecified atom stereocenters. The molecule has 128 valence electrons. The van der Waals surface area contributed by atoms with Gasteiger partial charge in [-0.3, -0.25) is 4.90 Å². The fourth-order valence-electron chi connectivity index (χ4n) is 3.06. The Bertz CT molecular complexity index is 679. The lowest BCUT2D eigenvalue weighted by Crippen LogP contribution is -2.33. The predicted molar refractivity (Wildman–Crippen MR) is 97.0 cm³/mol. The molecule has 0 atom stereocenters. The van der Waals surface area contributed by atoms with E-state index in [0.29, 0.717) is 5.95 Å². The van der Waals surface area contributed by atoms with Crippen LogP contribution >= 0.6 is 0 Å². The molecule has 3 rings (SSSR count). The largest absolute Gasteiger partial charge is 0.368 e. The summed E-state index contributed by atoms with van der Waals surface area (Å²) in [5, 5.41) is 3.29. The summed E-state index contributed by atoms with van der Waals surface area (Å²) in [6.45, 7) is 7.35. The standard InChI is InChI=1S/C18H26N6/c1-3-14-6-4-5-7-15(14)20-18-22-16(21-17(19)23-18)12-24-10-8-13(2)9-11-24/h4-7,13H,3,8-12H2,1-2H3,(H3,19,20,21,22,23). The highest BCUT2D eigenvalue weighted by atomic mass is 15.2. The lowest BCUT2D eigenvalue weighted by atomic mass is 9.99. The van der Waals surface area contributed by atoms with Crippen LogP contribution in [0.3, 0.4) is 0 Å². The first kappa shape index (κ1) is 16.6. The second kappa shape index (κ2) is 7.57. The van der Waals surface area contributed by atoms with Crippen molar-refractivity contribution in [2.45, 2.75) is 39.7 Å². The molecule has 0 amide bonds. The monoisotopic (exact) mass is 326 g/mol.